The Labute approximate surface area is 90.4 Å². The van der Waals surface area contributed by atoms with Crippen molar-refractivity contribution in [3.8, 4) is 0 Å². The van der Waals surface area contributed by atoms with E-state index in [9.17, 15) is 9.90 Å². The Balaban J connectivity index is 2.95. The Bertz CT molecular complexity index is 302. The zero-order valence-electron chi connectivity index (χ0n) is 9.49. The maximum absolute atomic E-state index is 11.6. The van der Waals surface area contributed by atoms with E-state index in [0.29, 0.717) is 12.2 Å². The van der Waals surface area contributed by atoms with Crippen LogP contribution in [0, 0.1) is 11.8 Å². The van der Waals surface area contributed by atoms with Crippen molar-refractivity contribution in [2.75, 3.05) is 6.61 Å². The molecule has 0 aliphatic heterocycles. The van der Waals surface area contributed by atoms with Gasteiger partial charge in [0, 0.05) is 11.8 Å². The molecule has 15 heavy (non-hydrogen) atoms. The lowest BCUT2D eigenvalue weighted by atomic mass is 9.86. The van der Waals surface area contributed by atoms with E-state index in [-0.39, 0.29) is 17.6 Å². The SMILES string of the molecule is CCOC(=O)C1=C(O)C(CC)C=CC1C. The predicted molar refractivity (Wildman–Crippen MR) is 58.4 cm³/mol. The van der Waals surface area contributed by atoms with E-state index < -0.39 is 5.97 Å². The number of rotatable bonds is 3. The summed E-state index contributed by atoms with van der Waals surface area (Å²) >= 11 is 0. The summed E-state index contributed by atoms with van der Waals surface area (Å²) in [6.45, 7) is 5.95. The van der Waals surface area contributed by atoms with Gasteiger partial charge in [-0.1, -0.05) is 26.0 Å². The Morgan fingerprint density at radius 2 is 2.13 bits per heavy atom. The molecule has 0 aromatic rings. The molecule has 0 spiro atoms. The average molecular weight is 210 g/mol. The molecule has 2 unspecified atom stereocenters. The summed E-state index contributed by atoms with van der Waals surface area (Å²) in [7, 11) is 0. The van der Waals surface area contributed by atoms with Gasteiger partial charge in [0.2, 0.25) is 0 Å². The molecule has 0 saturated heterocycles. The molecule has 0 aromatic heterocycles. The molecular weight excluding hydrogens is 192 g/mol. The van der Waals surface area contributed by atoms with E-state index in [1.165, 1.54) is 0 Å². The molecule has 1 aliphatic rings. The van der Waals surface area contributed by atoms with Crippen molar-refractivity contribution >= 4 is 5.97 Å². The number of carbonyl (C=O) groups is 1. The standard InChI is InChI=1S/C12H18O3/c1-4-9-7-6-8(3)10(11(9)13)12(14)15-5-2/h6-9,13H,4-5H2,1-3H3. The summed E-state index contributed by atoms with van der Waals surface area (Å²) in [5.41, 5.74) is 0.409. The lowest BCUT2D eigenvalue weighted by Gasteiger charge is -2.22. The van der Waals surface area contributed by atoms with Crippen molar-refractivity contribution in [3.05, 3.63) is 23.5 Å². The number of hydrogen-bond donors (Lipinski definition) is 1. The summed E-state index contributed by atoms with van der Waals surface area (Å²) in [4.78, 5) is 11.6. The van der Waals surface area contributed by atoms with Crippen LogP contribution < -0.4 is 0 Å². The zero-order valence-corrected chi connectivity index (χ0v) is 9.49. The Morgan fingerprint density at radius 3 is 2.67 bits per heavy atom. The Morgan fingerprint density at radius 1 is 1.47 bits per heavy atom. The van der Waals surface area contributed by atoms with Gasteiger partial charge in [0.05, 0.1) is 12.2 Å². The van der Waals surface area contributed by atoms with Crippen LogP contribution in [0.3, 0.4) is 0 Å². The normalized spacial score (nSPS) is 25.5. The highest BCUT2D eigenvalue weighted by molar-refractivity contribution is 5.90. The first-order valence-corrected chi connectivity index (χ1v) is 5.40. The number of hydrogen-bond acceptors (Lipinski definition) is 3. The predicted octanol–water partition coefficient (Wildman–Crippen LogP) is 2.59. The highest BCUT2D eigenvalue weighted by atomic mass is 16.5. The number of carbonyl (C=O) groups excluding carboxylic acids is 1. The van der Waals surface area contributed by atoms with Crippen molar-refractivity contribution in [2.45, 2.75) is 27.2 Å². The maximum Gasteiger partial charge on any atom is 0.338 e. The van der Waals surface area contributed by atoms with Crippen LogP contribution in [0.1, 0.15) is 27.2 Å². The highest BCUT2D eigenvalue weighted by Gasteiger charge is 2.27. The average Bonchev–Trinajstić information content (AvgIpc) is 2.18. The summed E-state index contributed by atoms with van der Waals surface area (Å²) in [6, 6.07) is 0. The van der Waals surface area contributed by atoms with Gasteiger partial charge in [-0.2, -0.15) is 0 Å². The molecule has 0 fully saturated rings. The molecule has 3 nitrogen and oxygen atoms in total. The first-order valence-electron chi connectivity index (χ1n) is 5.40. The quantitative estimate of drug-likeness (QED) is 0.575. The molecule has 84 valence electrons. The molecule has 0 bridgehead atoms. The summed E-state index contributed by atoms with van der Waals surface area (Å²) in [6.07, 6.45) is 4.68. The second kappa shape index (κ2) is 5.01. The largest absolute Gasteiger partial charge is 0.511 e. The third-order valence-corrected chi connectivity index (χ3v) is 2.65. The minimum absolute atomic E-state index is 0.0411. The van der Waals surface area contributed by atoms with E-state index in [1.54, 1.807) is 6.92 Å². The molecule has 0 aromatic carbocycles. The summed E-state index contributed by atoms with van der Waals surface area (Å²) in [5.74, 6) is -0.330. The maximum atomic E-state index is 11.6. The van der Waals surface area contributed by atoms with Crippen molar-refractivity contribution in [2.24, 2.45) is 11.8 Å². The van der Waals surface area contributed by atoms with Crippen molar-refractivity contribution < 1.29 is 14.6 Å². The van der Waals surface area contributed by atoms with Crippen LogP contribution >= 0.6 is 0 Å². The van der Waals surface area contributed by atoms with Crippen molar-refractivity contribution in [3.63, 3.8) is 0 Å². The van der Waals surface area contributed by atoms with Crippen molar-refractivity contribution in [1.29, 1.82) is 0 Å². The fourth-order valence-electron chi connectivity index (χ4n) is 1.75. The van der Waals surface area contributed by atoms with Gasteiger partial charge in [-0.25, -0.2) is 4.79 Å². The van der Waals surface area contributed by atoms with Gasteiger partial charge in [-0.05, 0) is 13.3 Å². The lowest BCUT2D eigenvalue weighted by molar-refractivity contribution is -0.139. The number of aliphatic hydroxyl groups is 1. The second-order valence-electron chi connectivity index (χ2n) is 3.71. The molecule has 0 saturated carbocycles. The first-order chi connectivity index (χ1) is 7.11. The fraction of sp³-hybridized carbons (Fsp3) is 0.583. The van der Waals surface area contributed by atoms with Crippen LogP contribution in [-0.4, -0.2) is 17.7 Å². The molecule has 0 radical (unpaired) electrons. The van der Waals surface area contributed by atoms with E-state index in [1.807, 2.05) is 26.0 Å². The molecule has 1 rings (SSSR count). The van der Waals surface area contributed by atoms with Crippen LogP contribution in [0.2, 0.25) is 0 Å². The minimum atomic E-state index is -0.398. The molecule has 0 heterocycles. The molecule has 1 aliphatic carbocycles. The summed E-state index contributed by atoms with van der Waals surface area (Å²) in [5, 5.41) is 9.92. The van der Waals surface area contributed by atoms with Crippen LogP contribution in [0.4, 0.5) is 0 Å². The number of ether oxygens (including phenoxy) is 1. The van der Waals surface area contributed by atoms with E-state index in [4.69, 9.17) is 4.74 Å². The van der Waals surface area contributed by atoms with E-state index in [2.05, 4.69) is 0 Å². The summed E-state index contributed by atoms with van der Waals surface area (Å²) < 4.78 is 4.92. The lowest BCUT2D eigenvalue weighted by Crippen LogP contribution is -2.21. The van der Waals surface area contributed by atoms with E-state index >= 15 is 0 Å². The molecule has 0 amide bonds. The first kappa shape index (κ1) is 11.8. The van der Waals surface area contributed by atoms with Gasteiger partial charge in [-0.15, -0.1) is 0 Å². The number of allylic oxidation sites excluding steroid dienone is 2. The minimum Gasteiger partial charge on any atom is -0.511 e. The fourth-order valence-corrected chi connectivity index (χ4v) is 1.75. The van der Waals surface area contributed by atoms with Crippen LogP contribution in [0.25, 0.3) is 0 Å². The van der Waals surface area contributed by atoms with Crippen LogP contribution in [0.15, 0.2) is 23.5 Å². The monoisotopic (exact) mass is 210 g/mol. The van der Waals surface area contributed by atoms with Gasteiger partial charge in [-0.3, -0.25) is 0 Å². The Kier molecular flexibility index (Phi) is 3.95. The molecule has 3 heteroatoms. The zero-order chi connectivity index (χ0) is 11.4. The van der Waals surface area contributed by atoms with Crippen LogP contribution in [-0.2, 0) is 9.53 Å². The van der Waals surface area contributed by atoms with Crippen LogP contribution in [0.5, 0.6) is 0 Å². The van der Waals surface area contributed by atoms with Gasteiger partial charge >= 0.3 is 5.97 Å². The van der Waals surface area contributed by atoms with Gasteiger partial charge in [0.1, 0.15) is 5.76 Å². The Hall–Kier alpha value is -1.25. The van der Waals surface area contributed by atoms with Gasteiger partial charge in [0.25, 0.3) is 0 Å². The third-order valence-electron chi connectivity index (χ3n) is 2.65. The smallest absolute Gasteiger partial charge is 0.338 e. The topological polar surface area (TPSA) is 46.5 Å². The third kappa shape index (κ3) is 2.41. The molecule has 2 atom stereocenters. The van der Waals surface area contributed by atoms with Crippen molar-refractivity contribution in [1.82, 2.24) is 0 Å². The van der Waals surface area contributed by atoms with Gasteiger partial charge < -0.3 is 9.84 Å². The van der Waals surface area contributed by atoms with E-state index in [0.717, 1.165) is 6.42 Å². The van der Waals surface area contributed by atoms with Gasteiger partial charge in [0.15, 0.2) is 0 Å². The second-order valence-corrected chi connectivity index (χ2v) is 3.71. The molecular formula is C12H18O3. The number of aliphatic hydroxyl groups excluding tert-OH is 1. The highest BCUT2D eigenvalue weighted by Crippen LogP contribution is 2.29. The number of esters is 1. The molecule has 1 N–H and O–H groups in total.